The van der Waals surface area contributed by atoms with Gasteiger partial charge >= 0.3 is 0 Å². The Morgan fingerprint density at radius 1 is 1.75 bits per heavy atom. The number of nitrogens with zero attached hydrogens (tertiary/aromatic N) is 2. The number of aliphatic hydroxyl groups excluding tert-OH is 1. The molecule has 1 atom stereocenters. The monoisotopic (exact) mass is 173 g/mol. The molecule has 0 radical (unpaired) electrons. The fraction of sp³-hybridized carbons (Fsp3) is 0.857. The van der Waals surface area contributed by atoms with Crippen molar-refractivity contribution in [2.24, 2.45) is 10.9 Å². The summed E-state index contributed by atoms with van der Waals surface area (Å²) in [5.41, 5.74) is 5.46. The second-order valence-electron chi connectivity index (χ2n) is 3.06. The Morgan fingerprint density at radius 2 is 2.33 bits per heavy atom. The van der Waals surface area contributed by atoms with E-state index < -0.39 is 0 Å². The molecule has 70 valence electrons. The van der Waals surface area contributed by atoms with Crippen LogP contribution in [0.1, 0.15) is 13.3 Å². The second kappa shape index (κ2) is 3.73. The average molecular weight is 173 g/mol. The highest BCUT2D eigenvalue weighted by Gasteiger charge is 2.31. The first-order valence-electron chi connectivity index (χ1n) is 4.08. The zero-order valence-corrected chi connectivity index (χ0v) is 7.14. The van der Waals surface area contributed by atoms with Gasteiger partial charge in [0.05, 0.1) is 12.1 Å². The van der Waals surface area contributed by atoms with Crippen LogP contribution in [0.2, 0.25) is 0 Å². The summed E-state index contributed by atoms with van der Waals surface area (Å²) >= 11 is 0. The van der Waals surface area contributed by atoms with E-state index in [-0.39, 0.29) is 18.0 Å². The summed E-state index contributed by atoms with van der Waals surface area (Å²) in [6, 6.07) is -0.0293. The molecule has 0 amide bonds. The van der Waals surface area contributed by atoms with Crippen molar-refractivity contribution in [3.8, 4) is 0 Å². The summed E-state index contributed by atoms with van der Waals surface area (Å²) in [5, 5.41) is 20.4. The van der Waals surface area contributed by atoms with Gasteiger partial charge < -0.3 is 16.0 Å². The van der Waals surface area contributed by atoms with Crippen LogP contribution >= 0.6 is 0 Å². The Kier molecular flexibility index (Phi) is 2.88. The van der Waals surface area contributed by atoms with Gasteiger partial charge in [-0.1, -0.05) is 12.1 Å². The Morgan fingerprint density at radius 3 is 2.67 bits per heavy atom. The van der Waals surface area contributed by atoms with Gasteiger partial charge in [-0.15, -0.1) is 0 Å². The van der Waals surface area contributed by atoms with Gasteiger partial charge in [0.1, 0.15) is 0 Å². The molecule has 12 heavy (non-hydrogen) atoms. The predicted octanol–water partition coefficient (Wildman–Crippen LogP) is -0.812. The van der Waals surface area contributed by atoms with Gasteiger partial charge in [-0.05, 0) is 6.42 Å². The van der Waals surface area contributed by atoms with Crippen LogP contribution in [0.15, 0.2) is 5.16 Å². The lowest BCUT2D eigenvalue weighted by Gasteiger charge is -2.40. The molecule has 0 saturated carbocycles. The van der Waals surface area contributed by atoms with E-state index in [1.54, 1.807) is 0 Å². The van der Waals surface area contributed by atoms with Crippen molar-refractivity contribution in [1.29, 1.82) is 0 Å². The molecule has 0 aliphatic carbocycles. The summed E-state index contributed by atoms with van der Waals surface area (Å²) in [6.07, 6.45) is 0.549. The Labute approximate surface area is 71.5 Å². The first kappa shape index (κ1) is 9.28. The minimum absolute atomic E-state index is 0.0293. The van der Waals surface area contributed by atoms with Crippen molar-refractivity contribution in [2.75, 3.05) is 13.1 Å². The molecule has 4 N–H and O–H groups in total. The number of aliphatic hydroxyl groups is 1. The van der Waals surface area contributed by atoms with Crippen molar-refractivity contribution in [2.45, 2.75) is 25.5 Å². The van der Waals surface area contributed by atoms with E-state index in [0.29, 0.717) is 13.1 Å². The largest absolute Gasteiger partial charge is 0.409 e. The molecule has 1 aliphatic rings. The first-order valence-corrected chi connectivity index (χ1v) is 4.08. The van der Waals surface area contributed by atoms with Crippen molar-refractivity contribution >= 4 is 5.84 Å². The predicted molar refractivity (Wildman–Crippen MR) is 45.1 cm³/mol. The molecule has 1 saturated heterocycles. The van der Waals surface area contributed by atoms with Crippen molar-refractivity contribution in [1.82, 2.24) is 4.90 Å². The van der Waals surface area contributed by atoms with Gasteiger partial charge in [0.2, 0.25) is 0 Å². The lowest BCUT2D eigenvalue weighted by molar-refractivity contribution is -0.0109. The minimum atomic E-state index is -0.245. The number of likely N-dealkylation sites (tertiary alicyclic amines) is 1. The smallest absolute Gasteiger partial charge is 0.156 e. The van der Waals surface area contributed by atoms with Crippen LogP contribution in [0.25, 0.3) is 0 Å². The molecule has 1 unspecified atom stereocenters. The topological polar surface area (TPSA) is 82.1 Å². The van der Waals surface area contributed by atoms with Gasteiger partial charge in [-0.2, -0.15) is 0 Å². The van der Waals surface area contributed by atoms with Crippen molar-refractivity contribution in [3.63, 3.8) is 0 Å². The molecular formula is C7H15N3O2. The highest BCUT2D eigenvalue weighted by molar-refractivity contribution is 5.85. The van der Waals surface area contributed by atoms with E-state index in [1.807, 2.05) is 11.8 Å². The third kappa shape index (κ3) is 1.67. The van der Waals surface area contributed by atoms with Gasteiger partial charge in [-0.25, -0.2) is 0 Å². The highest BCUT2D eigenvalue weighted by atomic mass is 16.4. The van der Waals surface area contributed by atoms with E-state index >= 15 is 0 Å². The molecule has 0 bridgehead atoms. The maximum Gasteiger partial charge on any atom is 0.156 e. The van der Waals surface area contributed by atoms with Gasteiger partial charge in [-0.3, -0.25) is 4.90 Å². The molecule has 0 aromatic heterocycles. The molecule has 1 aliphatic heterocycles. The van der Waals surface area contributed by atoms with Gasteiger partial charge in [0, 0.05) is 13.1 Å². The Bertz CT molecular complexity index is 177. The van der Waals surface area contributed by atoms with E-state index in [1.165, 1.54) is 0 Å². The summed E-state index contributed by atoms with van der Waals surface area (Å²) in [4.78, 5) is 1.99. The summed E-state index contributed by atoms with van der Waals surface area (Å²) in [7, 11) is 0. The van der Waals surface area contributed by atoms with E-state index in [4.69, 9.17) is 16.0 Å². The number of rotatable bonds is 3. The minimum Gasteiger partial charge on any atom is -0.409 e. The Hall–Kier alpha value is -0.810. The number of nitrogens with two attached hydrogens (primary N) is 1. The third-order valence-electron chi connectivity index (χ3n) is 2.17. The zero-order valence-electron chi connectivity index (χ0n) is 7.14. The van der Waals surface area contributed by atoms with Crippen LogP contribution in [0, 0.1) is 0 Å². The molecule has 1 heterocycles. The van der Waals surface area contributed by atoms with E-state index in [9.17, 15) is 0 Å². The lowest BCUT2D eigenvalue weighted by atomic mass is 10.1. The maximum atomic E-state index is 9.03. The SMILES string of the molecule is CCC(/C(N)=N/O)N1CC(O)C1. The number of hydrogen-bond donors (Lipinski definition) is 3. The van der Waals surface area contributed by atoms with Crippen molar-refractivity contribution in [3.05, 3.63) is 0 Å². The van der Waals surface area contributed by atoms with Crippen LogP contribution in [0.5, 0.6) is 0 Å². The van der Waals surface area contributed by atoms with Gasteiger partial charge in [0.25, 0.3) is 0 Å². The molecule has 0 aromatic carbocycles. The molecule has 1 rings (SSSR count). The fourth-order valence-corrected chi connectivity index (χ4v) is 1.46. The molecule has 0 aromatic rings. The summed E-state index contributed by atoms with van der Waals surface area (Å²) in [5.74, 6) is 0.226. The van der Waals surface area contributed by atoms with Crippen LogP contribution < -0.4 is 5.73 Å². The normalized spacial score (nSPS) is 23.7. The average Bonchev–Trinajstić information content (AvgIpc) is 2.02. The number of hydrogen-bond acceptors (Lipinski definition) is 4. The molecule has 5 heteroatoms. The Balaban J connectivity index is 2.46. The molecule has 1 fully saturated rings. The number of amidine groups is 1. The van der Waals surface area contributed by atoms with Crippen LogP contribution in [-0.2, 0) is 0 Å². The van der Waals surface area contributed by atoms with Crippen LogP contribution in [0.3, 0.4) is 0 Å². The number of oxime groups is 1. The third-order valence-corrected chi connectivity index (χ3v) is 2.17. The fourth-order valence-electron chi connectivity index (χ4n) is 1.46. The first-order chi connectivity index (χ1) is 5.69. The second-order valence-corrected chi connectivity index (χ2v) is 3.06. The van der Waals surface area contributed by atoms with Crippen LogP contribution in [-0.4, -0.2) is 46.3 Å². The lowest BCUT2D eigenvalue weighted by Crippen LogP contribution is -2.58. The number of β-amino-alcohol motifs (C(OH)–C–C–N with tert-alkyl or cyclic N) is 1. The highest BCUT2D eigenvalue weighted by Crippen LogP contribution is 2.14. The van der Waals surface area contributed by atoms with E-state index in [0.717, 1.165) is 6.42 Å². The van der Waals surface area contributed by atoms with Crippen LogP contribution in [0.4, 0.5) is 0 Å². The van der Waals surface area contributed by atoms with Crippen molar-refractivity contribution < 1.29 is 10.3 Å². The summed E-state index contributed by atoms with van der Waals surface area (Å²) in [6.45, 7) is 3.21. The van der Waals surface area contributed by atoms with Gasteiger partial charge in [0.15, 0.2) is 5.84 Å². The quantitative estimate of drug-likeness (QED) is 0.225. The maximum absolute atomic E-state index is 9.03. The summed E-state index contributed by atoms with van der Waals surface area (Å²) < 4.78 is 0. The van der Waals surface area contributed by atoms with E-state index in [2.05, 4.69) is 5.16 Å². The molecule has 5 nitrogen and oxygen atoms in total. The standard InChI is InChI=1S/C7H15N3O2/c1-2-6(7(8)9-12)10-3-5(11)4-10/h5-6,11-12H,2-4H2,1H3,(H2,8,9). The molecule has 0 spiro atoms. The molecular weight excluding hydrogens is 158 g/mol. The zero-order chi connectivity index (χ0) is 9.14.